The average molecular weight is 506 g/mol. The summed E-state index contributed by atoms with van der Waals surface area (Å²) in [7, 11) is -4.14. The first-order valence-corrected chi connectivity index (χ1v) is 12.5. The quantitative estimate of drug-likeness (QED) is 0.416. The number of hydrogen-bond donors (Lipinski definition) is 2. The van der Waals surface area contributed by atoms with Crippen LogP contribution in [0.2, 0.25) is 0 Å². The topological polar surface area (TPSA) is 121 Å². The summed E-state index contributed by atoms with van der Waals surface area (Å²) < 4.78 is 42.9. The van der Waals surface area contributed by atoms with Crippen LogP contribution < -0.4 is 10.0 Å². The number of fused-ring (bicyclic) bond motifs is 1. The lowest BCUT2D eigenvalue weighted by molar-refractivity contribution is 0.0541. The van der Waals surface area contributed by atoms with Crippen LogP contribution >= 0.6 is 0 Å². The fraction of sp³-hybridized carbons (Fsp3) is 0.120. The molecule has 0 unspecified atom stereocenters. The minimum atomic E-state index is -4.14. The van der Waals surface area contributed by atoms with Crippen molar-refractivity contribution in [3.63, 3.8) is 0 Å². The molecule has 0 spiro atoms. The lowest BCUT2D eigenvalue weighted by Gasteiger charge is -2.39. The number of nitrogens with zero attached hydrogens (tertiary/aromatic N) is 3. The number of hydrogen-bond acceptors (Lipinski definition) is 6. The van der Waals surface area contributed by atoms with E-state index >= 15 is 0 Å². The Morgan fingerprint density at radius 2 is 1.72 bits per heavy atom. The van der Waals surface area contributed by atoms with Gasteiger partial charge in [-0.2, -0.15) is 0 Å². The van der Waals surface area contributed by atoms with Crippen molar-refractivity contribution >= 4 is 38.4 Å². The van der Waals surface area contributed by atoms with Gasteiger partial charge in [0, 0.05) is 36.4 Å². The van der Waals surface area contributed by atoms with E-state index in [1.54, 1.807) is 42.5 Å². The molecule has 9 nitrogen and oxygen atoms in total. The molecule has 0 radical (unpaired) electrons. The Morgan fingerprint density at radius 1 is 0.944 bits per heavy atom. The van der Waals surface area contributed by atoms with Crippen molar-refractivity contribution in [1.29, 1.82) is 0 Å². The fourth-order valence-corrected chi connectivity index (χ4v) is 5.15. The number of halogens is 1. The van der Waals surface area contributed by atoms with Gasteiger partial charge in [0.2, 0.25) is 0 Å². The van der Waals surface area contributed by atoms with Crippen molar-refractivity contribution in [2.24, 2.45) is 0 Å². The number of likely N-dealkylation sites (tertiary alicyclic amines) is 1. The number of sulfonamides is 1. The minimum absolute atomic E-state index is 0.0665. The molecule has 1 fully saturated rings. The van der Waals surface area contributed by atoms with Crippen molar-refractivity contribution in [3.8, 4) is 0 Å². The second-order valence-electron chi connectivity index (χ2n) is 8.23. The minimum Gasteiger partial charge on any atom is -0.344 e. The molecule has 2 amide bonds. The Labute approximate surface area is 206 Å². The Hall–Kier alpha value is -4.38. The van der Waals surface area contributed by atoms with Gasteiger partial charge in [-0.3, -0.25) is 24.3 Å². The number of anilines is 1. The first-order valence-electron chi connectivity index (χ1n) is 11.0. The highest BCUT2D eigenvalue weighted by Gasteiger charge is 2.33. The summed E-state index contributed by atoms with van der Waals surface area (Å²) >= 11 is 0. The Morgan fingerprint density at radius 3 is 2.47 bits per heavy atom. The molecule has 182 valence electrons. The zero-order valence-electron chi connectivity index (χ0n) is 18.8. The molecule has 2 aromatic heterocycles. The Bertz CT molecular complexity index is 1570. The van der Waals surface area contributed by atoms with Gasteiger partial charge in [0.25, 0.3) is 21.8 Å². The molecule has 0 atom stereocenters. The first kappa shape index (κ1) is 23.4. The summed E-state index contributed by atoms with van der Waals surface area (Å²) in [6.07, 6.45) is 3.00. The number of aromatic nitrogens is 2. The molecular formula is C25H20FN5O4S. The molecule has 36 heavy (non-hydrogen) atoms. The lowest BCUT2D eigenvalue weighted by atomic mass is 10.1. The van der Waals surface area contributed by atoms with Crippen LogP contribution in [0.5, 0.6) is 0 Å². The van der Waals surface area contributed by atoms with Gasteiger partial charge >= 0.3 is 0 Å². The van der Waals surface area contributed by atoms with E-state index in [-0.39, 0.29) is 52.4 Å². The monoisotopic (exact) mass is 505 g/mol. The third kappa shape index (κ3) is 4.60. The molecule has 5 rings (SSSR count). The number of nitrogens with one attached hydrogen (secondary N) is 2. The smallest absolute Gasteiger partial charge is 0.270 e. The van der Waals surface area contributed by atoms with Crippen molar-refractivity contribution in [3.05, 3.63) is 96.2 Å². The largest absolute Gasteiger partial charge is 0.344 e. The highest BCUT2D eigenvalue weighted by molar-refractivity contribution is 7.93. The first-order chi connectivity index (χ1) is 17.3. The van der Waals surface area contributed by atoms with Gasteiger partial charge in [0.1, 0.15) is 16.4 Å². The Kier molecular flexibility index (Phi) is 6.06. The van der Waals surface area contributed by atoms with E-state index in [0.717, 1.165) is 6.07 Å². The lowest BCUT2D eigenvalue weighted by Crippen LogP contribution is -2.61. The number of carbonyl (C=O) groups is 2. The molecular weight excluding hydrogens is 485 g/mol. The van der Waals surface area contributed by atoms with Crippen molar-refractivity contribution in [1.82, 2.24) is 20.2 Å². The van der Waals surface area contributed by atoms with Crippen molar-refractivity contribution in [2.45, 2.75) is 10.9 Å². The van der Waals surface area contributed by atoms with Gasteiger partial charge in [-0.05, 0) is 42.5 Å². The van der Waals surface area contributed by atoms with Crippen molar-refractivity contribution < 1.29 is 22.4 Å². The van der Waals surface area contributed by atoms with Gasteiger partial charge in [-0.1, -0.05) is 24.3 Å². The Balaban J connectivity index is 1.25. The molecule has 2 aromatic carbocycles. The van der Waals surface area contributed by atoms with Crippen molar-refractivity contribution in [2.75, 3.05) is 17.8 Å². The van der Waals surface area contributed by atoms with Crippen LogP contribution in [0.3, 0.4) is 0 Å². The summed E-state index contributed by atoms with van der Waals surface area (Å²) in [5.74, 6) is -1.65. The van der Waals surface area contributed by atoms with Gasteiger partial charge in [-0.25, -0.2) is 12.8 Å². The van der Waals surface area contributed by atoms with Gasteiger partial charge in [0.15, 0.2) is 0 Å². The summed E-state index contributed by atoms with van der Waals surface area (Å²) in [6.45, 7) is 0.531. The molecule has 4 aromatic rings. The number of benzene rings is 2. The normalized spacial score (nSPS) is 13.8. The second-order valence-corrected chi connectivity index (χ2v) is 9.88. The SMILES string of the molecule is O=C(NC1CN(C(=O)c2ccc(NS(=O)(=O)c3cccc4cccnc34)c(F)c2)C1)c1ccccn1. The third-order valence-corrected chi connectivity index (χ3v) is 7.14. The molecule has 3 heterocycles. The summed E-state index contributed by atoms with van der Waals surface area (Å²) in [5, 5.41) is 3.42. The van der Waals surface area contributed by atoms with Crippen LogP contribution in [0.15, 0.2) is 84.0 Å². The van der Waals surface area contributed by atoms with E-state index in [1.807, 2.05) is 0 Å². The van der Waals surface area contributed by atoms with E-state index in [4.69, 9.17) is 0 Å². The zero-order chi connectivity index (χ0) is 25.3. The molecule has 1 saturated heterocycles. The predicted molar refractivity (Wildman–Crippen MR) is 130 cm³/mol. The third-order valence-electron chi connectivity index (χ3n) is 5.75. The molecule has 2 N–H and O–H groups in total. The summed E-state index contributed by atoms with van der Waals surface area (Å²) in [4.78, 5) is 34.4. The number of para-hydroxylation sites is 1. The number of carbonyl (C=O) groups excluding carboxylic acids is 2. The molecule has 0 bridgehead atoms. The van der Waals surface area contributed by atoms with Crippen LogP contribution in [0.25, 0.3) is 10.9 Å². The average Bonchev–Trinajstić information content (AvgIpc) is 2.86. The van der Waals surface area contributed by atoms with Crippen LogP contribution in [0.1, 0.15) is 20.8 Å². The maximum Gasteiger partial charge on any atom is 0.270 e. The van der Waals surface area contributed by atoms with Crippen LogP contribution in [-0.4, -0.2) is 54.2 Å². The van der Waals surface area contributed by atoms with E-state index in [9.17, 15) is 22.4 Å². The highest BCUT2D eigenvalue weighted by Crippen LogP contribution is 2.25. The van der Waals surface area contributed by atoms with Gasteiger partial charge in [0.05, 0.1) is 17.2 Å². The molecule has 0 saturated carbocycles. The maximum absolute atomic E-state index is 14.8. The fourth-order valence-electron chi connectivity index (χ4n) is 3.90. The standard InChI is InChI=1S/C25H20FN5O4S/c26-19-13-17(25(33)31-14-18(15-31)29-24(32)21-7-1-2-11-27-21)9-10-20(19)30-36(34,35)22-8-3-5-16-6-4-12-28-23(16)22/h1-13,18,30H,14-15H2,(H,29,32). The maximum atomic E-state index is 14.8. The van der Waals surface area contributed by atoms with Gasteiger partial charge in [-0.15, -0.1) is 0 Å². The van der Waals surface area contributed by atoms with Crippen LogP contribution in [0.4, 0.5) is 10.1 Å². The zero-order valence-corrected chi connectivity index (χ0v) is 19.6. The number of pyridine rings is 2. The van der Waals surface area contributed by atoms with E-state index in [1.165, 1.54) is 35.5 Å². The summed E-state index contributed by atoms with van der Waals surface area (Å²) in [6, 6.07) is 16.4. The highest BCUT2D eigenvalue weighted by atomic mass is 32.2. The second kappa shape index (κ2) is 9.34. The van der Waals surface area contributed by atoms with Crippen LogP contribution in [0, 0.1) is 5.82 Å². The number of rotatable bonds is 6. The molecule has 1 aliphatic heterocycles. The number of amides is 2. The van der Waals surface area contributed by atoms with E-state index < -0.39 is 21.7 Å². The van der Waals surface area contributed by atoms with E-state index in [0.29, 0.717) is 5.39 Å². The summed E-state index contributed by atoms with van der Waals surface area (Å²) in [5.41, 5.74) is 0.323. The molecule has 0 aliphatic carbocycles. The van der Waals surface area contributed by atoms with Gasteiger partial charge < -0.3 is 10.2 Å². The molecule has 1 aliphatic rings. The predicted octanol–water partition coefficient (Wildman–Crippen LogP) is 2.82. The van der Waals surface area contributed by atoms with E-state index in [2.05, 4.69) is 20.0 Å². The van der Waals surface area contributed by atoms with Crippen LogP contribution in [-0.2, 0) is 10.0 Å². The molecule has 11 heteroatoms.